The minimum atomic E-state index is -0.226. The quantitative estimate of drug-likeness (QED) is 0.199. The summed E-state index contributed by atoms with van der Waals surface area (Å²) in [6.07, 6.45) is 3.20. The lowest BCUT2D eigenvalue weighted by atomic mass is 10.1. The average Bonchev–Trinajstić information content (AvgIpc) is 2.52. The lowest BCUT2D eigenvalue weighted by Gasteiger charge is -2.18. The Bertz CT molecular complexity index is 339. The van der Waals surface area contributed by atoms with Crippen molar-refractivity contribution in [3.63, 3.8) is 0 Å². The van der Waals surface area contributed by atoms with E-state index in [4.69, 9.17) is 0 Å². The molecule has 0 aromatic heterocycles. The first-order chi connectivity index (χ1) is 10.9. The van der Waals surface area contributed by atoms with Gasteiger partial charge < -0.3 is 26.4 Å². The van der Waals surface area contributed by atoms with Gasteiger partial charge in [0.15, 0.2) is 0 Å². The molecule has 0 aromatic rings. The van der Waals surface area contributed by atoms with E-state index < -0.39 is 0 Å². The molecule has 0 aromatic carbocycles. The summed E-state index contributed by atoms with van der Waals surface area (Å²) in [6, 6.07) is 0.0838. The molecule has 7 nitrogen and oxygen atoms in total. The first kappa shape index (κ1) is 21.8. The summed E-state index contributed by atoms with van der Waals surface area (Å²) in [6.45, 7) is 4.42. The van der Waals surface area contributed by atoms with Crippen molar-refractivity contribution in [3.8, 4) is 0 Å². The summed E-state index contributed by atoms with van der Waals surface area (Å²) in [5.41, 5.74) is 0. The van der Waals surface area contributed by atoms with E-state index in [-0.39, 0.29) is 36.5 Å². The Balaban J connectivity index is 3.79. The van der Waals surface area contributed by atoms with E-state index in [2.05, 4.69) is 24.7 Å². The number of nitrogens with two attached hydrogens (primary N) is 2. The van der Waals surface area contributed by atoms with E-state index in [1.54, 1.807) is 10.6 Å². The van der Waals surface area contributed by atoms with Crippen molar-refractivity contribution in [1.82, 2.24) is 10.6 Å². The highest BCUT2D eigenvalue weighted by molar-refractivity contribution is 5.76. The van der Waals surface area contributed by atoms with E-state index in [0.717, 1.165) is 12.8 Å². The Morgan fingerprint density at radius 3 is 2.13 bits per heavy atom. The molecule has 0 saturated carbocycles. The van der Waals surface area contributed by atoms with Crippen LogP contribution in [0.5, 0.6) is 0 Å². The Hall–Kier alpha value is -1.18. The van der Waals surface area contributed by atoms with Crippen molar-refractivity contribution in [2.45, 2.75) is 64.1 Å². The van der Waals surface area contributed by atoms with Crippen LogP contribution in [-0.4, -0.2) is 48.2 Å². The van der Waals surface area contributed by atoms with E-state index in [1.165, 1.54) is 0 Å². The molecule has 7 heteroatoms. The van der Waals surface area contributed by atoms with E-state index >= 15 is 0 Å². The smallest absolute Gasteiger partial charge is 0.226 e. The van der Waals surface area contributed by atoms with Gasteiger partial charge in [-0.15, -0.1) is 0 Å². The summed E-state index contributed by atoms with van der Waals surface area (Å²) in [5, 5.41) is 18.5. The highest BCUT2D eigenvalue weighted by Gasteiger charge is 2.14. The molecule has 3 atom stereocenters. The number of carbonyl (C=O) groups is 2. The first-order valence-corrected chi connectivity index (χ1v) is 8.34. The van der Waals surface area contributed by atoms with Crippen molar-refractivity contribution in [3.05, 3.63) is 14.1 Å². The van der Waals surface area contributed by atoms with Gasteiger partial charge in [-0.05, 0) is 33.1 Å². The zero-order valence-electron chi connectivity index (χ0n) is 14.5. The highest BCUT2D eigenvalue weighted by Crippen LogP contribution is 2.01. The summed E-state index contributed by atoms with van der Waals surface area (Å²) < 4.78 is 0. The molecule has 3 unspecified atom stereocenters. The van der Waals surface area contributed by atoms with Gasteiger partial charge in [0.2, 0.25) is 11.8 Å². The van der Waals surface area contributed by atoms with Crippen molar-refractivity contribution < 1.29 is 25.3 Å². The van der Waals surface area contributed by atoms with Crippen LogP contribution in [0.15, 0.2) is 0 Å². The van der Waals surface area contributed by atoms with Crippen molar-refractivity contribution in [1.29, 1.82) is 0 Å². The average molecular weight is 330 g/mol. The number of rotatable bonds is 13. The van der Waals surface area contributed by atoms with Crippen LogP contribution in [0.2, 0.25) is 0 Å². The second kappa shape index (κ2) is 13.3. The Labute approximate surface area is 140 Å². The largest absolute Gasteiger partial charge is 0.476 e. The van der Waals surface area contributed by atoms with Crippen LogP contribution in [0.4, 0.5) is 0 Å². The Morgan fingerprint density at radius 1 is 1.04 bits per heavy atom. The third-order valence-electron chi connectivity index (χ3n) is 3.71. The van der Waals surface area contributed by atoms with Crippen molar-refractivity contribution in [2.24, 2.45) is 0 Å². The number of hydrogen-bond donors (Lipinski definition) is 5. The Morgan fingerprint density at radius 2 is 1.61 bits per heavy atom. The molecule has 0 heterocycles. The maximum Gasteiger partial charge on any atom is 0.226 e. The van der Waals surface area contributed by atoms with E-state index in [1.807, 2.05) is 13.8 Å². The minimum absolute atomic E-state index is 0.0304. The number of quaternary nitrogens is 2. The number of aliphatic hydroxyl groups excluding tert-OH is 1. The zero-order valence-corrected chi connectivity index (χ0v) is 14.5. The third kappa shape index (κ3) is 12.0. The molecule has 0 radical (unpaired) electrons. The fourth-order valence-electron chi connectivity index (χ4n) is 2.06. The van der Waals surface area contributed by atoms with Crippen LogP contribution < -0.4 is 21.3 Å². The maximum atomic E-state index is 11.8. The molecular weight excluding hydrogens is 296 g/mol. The predicted octanol–water partition coefficient (Wildman–Crippen LogP) is -1.98. The Kier molecular flexibility index (Phi) is 12.6. The fourth-order valence-corrected chi connectivity index (χ4v) is 2.06. The third-order valence-corrected chi connectivity index (χ3v) is 3.71. The summed E-state index contributed by atoms with van der Waals surface area (Å²) in [7, 11) is 7.31. The maximum absolute atomic E-state index is 11.8. The number of aliphatic hydroxyl groups is 1. The highest BCUT2D eigenvalue weighted by atomic mass is 16.3. The lowest BCUT2D eigenvalue weighted by Crippen LogP contribution is -2.83. The van der Waals surface area contributed by atoms with Gasteiger partial charge in [-0.25, -0.2) is 0 Å². The first-order valence-electron chi connectivity index (χ1n) is 8.34. The molecular formula is C16H34N4O3. The topological polar surface area (TPSA) is 112 Å². The summed E-state index contributed by atoms with van der Waals surface area (Å²) in [5.74, 6) is -0.0361. The summed E-state index contributed by atoms with van der Waals surface area (Å²) >= 11 is 0. The lowest BCUT2D eigenvalue weighted by molar-refractivity contribution is -0.629. The number of nitrogens with one attached hydrogen (secondary N) is 2. The van der Waals surface area contributed by atoms with Crippen LogP contribution >= 0.6 is 0 Å². The second-order valence-corrected chi connectivity index (χ2v) is 6.13. The number of unbranched alkanes of at least 4 members (excludes halogenated alkanes) is 1. The van der Waals surface area contributed by atoms with Gasteiger partial charge in [0.25, 0.3) is 0 Å². The van der Waals surface area contributed by atoms with Crippen LogP contribution in [0.3, 0.4) is 0 Å². The molecule has 0 rings (SSSR count). The SMILES string of the molecule is [CH2-][NH2+]C(C)CC(=O)NCCCCC(CO)NC(=O)CC(C)[NH2+][CH2-]. The van der Waals surface area contributed by atoms with Gasteiger partial charge in [-0.3, -0.25) is 9.59 Å². The number of carbonyl (C=O) groups excluding carboxylic acids is 2. The molecule has 23 heavy (non-hydrogen) atoms. The minimum Gasteiger partial charge on any atom is -0.476 e. The predicted molar refractivity (Wildman–Crippen MR) is 88.6 cm³/mol. The van der Waals surface area contributed by atoms with Crippen LogP contribution in [-0.2, 0) is 9.59 Å². The van der Waals surface area contributed by atoms with Gasteiger partial charge in [0, 0.05) is 6.54 Å². The van der Waals surface area contributed by atoms with Gasteiger partial charge in [-0.1, -0.05) is 0 Å². The van der Waals surface area contributed by atoms with Crippen molar-refractivity contribution in [2.75, 3.05) is 13.2 Å². The van der Waals surface area contributed by atoms with Crippen LogP contribution in [0.1, 0.15) is 46.0 Å². The van der Waals surface area contributed by atoms with Crippen LogP contribution in [0, 0.1) is 14.1 Å². The molecule has 2 amide bonds. The van der Waals surface area contributed by atoms with Crippen LogP contribution in [0.25, 0.3) is 0 Å². The molecule has 7 N–H and O–H groups in total. The normalized spacial score (nSPS) is 14.8. The molecule has 0 aliphatic heterocycles. The molecule has 0 saturated heterocycles. The monoisotopic (exact) mass is 330 g/mol. The standard InChI is InChI=1S/C16H34N4O3/c1-12(17-3)9-15(22)19-8-6-5-7-14(11-21)20-16(23)10-13(2)18-4/h12-14,21H,3-11,17-18H2,1-2H3,(H,19,22)(H,20,23). The van der Waals surface area contributed by atoms with Gasteiger partial charge in [-0.2, -0.15) is 14.1 Å². The molecule has 0 aliphatic carbocycles. The number of hydrogen-bond acceptors (Lipinski definition) is 3. The molecule has 0 spiro atoms. The van der Waals surface area contributed by atoms with E-state index in [0.29, 0.717) is 25.8 Å². The zero-order chi connectivity index (χ0) is 17.7. The van der Waals surface area contributed by atoms with Gasteiger partial charge >= 0.3 is 0 Å². The molecule has 0 aliphatic rings. The fraction of sp³-hybridized carbons (Fsp3) is 0.750. The molecule has 0 fully saturated rings. The van der Waals surface area contributed by atoms with Gasteiger partial charge in [0.1, 0.15) is 0 Å². The second-order valence-electron chi connectivity index (χ2n) is 6.13. The van der Waals surface area contributed by atoms with Gasteiger partial charge in [0.05, 0.1) is 37.6 Å². The van der Waals surface area contributed by atoms with Crippen molar-refractivity contribution >= 4 is 11.8 Å². The number of amides is 2. The van der Waals surface area contributed by atoms with E-state index in [9.17, 15) is 14.7 Å². The molecule has 136 valence electrons. The summed E-state index contributed by atoms with van der Waals surface area (Å²) in [4.78, 5) is 23.3. The molecule has 0 bridgehead atoms.